The maximum atomic E-state index is 12.6. The van der Waals surface area contributed by atoms with Crippen LogP contribution in [-0.4, -0.2) is 25.6 Å². The van der Waals surface area contributed by atoms with Crippen LogP contribution in [0.25, 0.3) is 5.69 Å². The van der Waals surface area contributed by atoms with E-state index >= 15 is 0 Å². The second-order valence-corrected chi connectivity index (χ2v) is 6.76. The molecule has 1 aromatic carbocycles. The highest BCUT2D eigenvalue weighted by molar-refractivity contribution is 5.30. The first-order valence-corrected chi connectivity index (χ1v) is 7.50. The van der Waals surface area contributed by atoms with Crippen molar-refractivity contribution in [1.82, 2.24) is 14.3 Å². The van der Waals surface area contributed by atoms with Gasteiger partial charge in [-0.3, -0.25) is 0 Å². The Labute approximate surface area is 134 Å². The van der Waals surface area contributed by atoms with Crippen molar-refractivity contribution in [3.63, 3.8) is 0 Å². The summed E-state index contributed by atoms with van der Waals surface area (Å²) in [6.45, 7) is 11.3. The number of aromatic amines is 1. The molecule has 0 fully saturated rings. The van der Waals surface area contributed by atoms with Gasteiger partial charge in [0, 0.05) is 0 Å². The SMILES string of the molecule is C=C([C@@H](C)n1[nH]c(=O)n(-c2ccccc2)c1=O)[C@@H](O)C(C)(C)C. The van der Waals surface area contributed by atoms with Crippen molar-refractivity contribution in [1.29, 1.82) is 0 Å². The van der Waals surface area contributed by atoms with E-state index in [-0.39, 0.29) is 0 Å². The van der Waals surface area contributed by atoms with Crippen LogP contribution in [0.4, 0.5) is 0 Å². The second kappa shape index (κ2) is 6.04. The van der Waals surface area contributed by atoms with E-state index in [0.717, 1.165) is 4.57 Å². The maximum Gasteiger partial charge on any atom is 0.352 e. The number of hydrogen-bond acceptors (Lipinski definition) is 3. The van der Waals surface area contributed by atoms with E-state index in [0.29, 0.717) is 11.3 Å². The second-order valence-electron chi connectivity index (χ2n) is 6.76. The highest BCUT2D eigenvalue weighted by atomic mass is 16.3. The van der Waals surface area contributed by atoms with Gasteiger partial charge < -0.3 is 5.11 Å². The minimum Gasteiger partial charge on any atom is -0.388 e. The summed E-state index contributed by atoms with van der Waals surface area (Å²) in [7, 11) is 0. The number of H-pyrrole nitrogens is 1. The van der Waals surface area contributed by atoms with Gasteiger partial charge in [-0.05, 0) is 30.0 Å². The summed E-state index contributed by atoms with van der Waals surface area (Å²) in [6.07, 6.45) is -0.798. The van der Waals surface area contributed by atoms with Gasteiger partial charge in [-0.1, -0.05) is 45.5 Å². The van der Waals surface area contributed by atoms with Crippen molar-refractivity contribution in [2.45, 2.75) is 39.8 Å². The molecule has 124 valence electrons. The molecule has 0 unspecified atom stereocenters. The van der Waals surface area contributed by atoms with E-state index in [1.165, 1.54) is 4.68 Å². The number of aliphatic hydroxyl groups excluding tert-OH is 1. The lowest BCUT2D eigenvalue weighted by molar-refractivity contribution is 0.0862. The number of aliphatic hydroxyl groups is 1. The molecule has 0 aliphatic carbocycles. The topological polar surface area (TPSA) is 80.0 Å². The van der Waals surface area contributed by atoms with Gasteiger partial charge >= 0.3 is 11.4 Å². The first-order chi connectivity index (χ1) is 10.6. The molecular weight excluding hydrogens is 294 g/mol. The minimum atomic E-state index is -0.798. The standard InChI is InChI=1S/C17H23N3O3/c1-11(14(21)17(3,4)5)12(2)20-16(23)19(15(22)18-20)13-9-7-6-8-10-13/h6-10,12,14,21H,1H2,2-5H3,(H,18,22)/t12-,14-/m1/s1. The third-order valence-corrected chi connectivity index (χ3v) is 3.93. The van der Waals surface area contributed by atoms with E-state index in [4.69, 9.17) is 0 Å². The molecular formula is C17H23N3O3. The molecule has 1 aromatic heterocycles. The van der Waals surface area contributed by atoms with Gasteiger partial charge in [-0.2, -0.15) is 0 Å². The summed E-state index contributed by atoms with van der Waals surface area (Å²) in [5.74, 6) is 0. The molecule has 0 amide bonds. The van der Waals surface area contributed by atoms with Crippen molar-refractivity contribution in [2.24, 2.45) is 5.41 Å². The largest absolute Gasteiger partial charge is 0.388 e. The fourth-order valence-corrected chi connectivity index (χ4v) is 2.41. The van der Waals surface area contributed by atoms with Crippen LogP contribution in [0.15, 0.2) is 52.1 Å². The van der Waals surface area contributed by atoms with E-state index in [2.05, 4.69) is 11.7 Å². The molecule has 0 spiro atoms. The van der Waals surface area contributed by atoms with Crippen molar-refractivity contribution >= 4 is 0 Å². The summed E-state index contributed by atoms with van der Waals surface area (Å²) in [4.78, 5) is 24.7. The zero-order chi connectivity index (χ0) is 17.4. The van der Waals surface area contributed by atoms with Gasteiger partial charge in [0.25, 0.3) is 0 Å². The highest BCUT2D eigenvalue weighted by Crippen LogP contribution is 2.29. The molecule has 23 heavy (non-hydrogen) atoms. The van der Waals surface area contributed by atoms with Gasteiger partial charge in [0.2, 0.25) is 0 Å². The average Bonchev–Trinajstić information content (AvgIpc) is 2.79. The molecule has 0 saturated carbocycles. The van der Waals surface area contributed by atoms with Crippen molar-refractivity contribution < 1.29 is 5.11 Å². The van der Waals surface area contributed by atoms with E-state index in [1.54, 1.807) is 31.2 Å². The number of rotatable bonds is 4. The molecule has 0 saturated heterocycles. The molecule has 2 N–H and O–H groups in total. The molecule has 2 aromatic rings. The predicted octanol–water partition coefficient (Wildman–Crippen LogP) is 1.85. The summed E-state index contributed by atoms with van der Waals surface area (Å²) >= 11 is 0. The Balaban J connectivity index is 2.45. The molecule has 2 rings (SSSR count). The van der Waals surface area contributed by atoms with Gasteiger partial charge in [0.05, 0.1) is 17.8 Å². The van der Waals surface area contributed by atoms with Crippen LogP contribution in [0.5, 0.6) is 0 Å². The number of hydrogen-bond donors (Lipinski definition) is 2. The van der Waals surface area contributed by atoms with E-state index in [1.807, 2.05) is 26.8 Å². The number of para-hydroxylation sites is 1. The lowest BCUT2D eigenvalue weighted by Gasteiger charge is -2.30. The van der Waals surface area contributed by atoms with Crippen LogP contribution >= 0.6 is 0 Å². The monoisotopic (exact) mass is 317 g/mol. The lowest BCUT2D eigenvalue weighted by Crippen LogP contribution is -2.34. The Morgan fingerprint density at radius 3 is 2.30 bits per heavy atom. The van der Waals surface area contributed by atoms with Crippen molar-refractivity contribution in [3.05, 3.63) is 63.5 Å². The zero-order valence-electron chi connectivity index (χ0n) is 13.9. The molecule has 0 bridgehead atoms. The third-order valence-electron chi connectivity index (χ3n) is 3.93. The highest BCUT2D eigenvalue weighted by Gasteiger charge is 2.29. The van der Waals surface area contributed by atoms with Gasteiger partial charge in [-0.15, -0.1) is 0 Å². The Bertz CT molecular complexity index is 806. The average molecular weight is 317 g/mol. The predicted molar refractivity (Wildman–Crippen MR) is 90.0 cm³/mol. The number of nitrogens with one attached hydrogen (secondary N) is 1. The fourth-order valence-electron chi connectivity index (χ4n) is 2.41. The van der Waals surface area contributed by atoms with Crippen LogP contribution in [0.3, 0.4) is 0 Å². The third kappa shape index (κ3) is 3.22. The van der Waals surface area contributed by atoms with Gasteiger partial charge in [-0.25, -0.2) is 23.9 Å². The Morgan fingerprint density at radius 1 is 1.22 bits per heavy atom. The van der Waals surface area contributed by atoms with Crippen LogP contribution in [0.1, 0.15) is 33.7 Å². The summed E-state index contributed by atoms with van der Waals surface area (Å²) in [5, 5.41) is 12.9. The molecule has 6 nitrogen and oxygen atoms in total. The van der Waals surface area contributed by atoms with E-state index in [9.17, 15) is 14.7 Å². The van der Waals surface area contributed by atoms with Crippen molar-refractivity contribution in [2.75, 3.05) is 0 Å². The number of nitrogens with zero attached hydrogens (tertiary/aromatic N) is 2. The minimum absolute atomic E-state index is 0.406. The Morgan fingerprint density at radius 2 is 1.78 bits per heavy atom. The first kappa shape index (κ1) is 17.0. The van der Waals surface area contributed by atoms with E-state index < -0.39 is 28.9 Å². The molecule has 6 heteroatoms. The van der Waals surface area contributed by atoms with Crippen molar-refractivity contribution in [3.8, 4) is 5.69 Å². The number of aromatic nitrogens is 3. The maximum absolute atomic E-state index is 12.6. The van der Waals surface area contributed by atoms with Gasteiger partial charge in [0.1, 0.15) is 0 Å². The number of benzene rings is 1. The molecule has 1 heterocycles. The molecule has 0 radical (unpaired) electrons. The normalized spacial score (nSPS) is 14.5. The summed E-state index contributed by atoms with van der Waals surface area (Å²) in [5.41, 5.74) is -0.452. The smallest absolute Gasteiger partial charge is 0.352 e. The van der Waals surface area contributed by atoms with Crippen LogP contribution in [-0.2, 0) is 0 Å². The van der Waals surface area contributed by atoms with Crippen LogP contribution < -0.4 is 11.4 Å². The Kier molecular flexibility index (Phi) is 4.47. The van der Waals surface area contributed by atoms with Crippen LogP contribution in [0, 0.1) is 5.41 Å². The van der Waals surface area contributed by atoms with Crippen LogP contribution in [0.2, 0.25) is 0 Å². The lowest BCUT2D eigenvalue weighted by atomic mass is 9.83. The summed E-state index contributed by atoms with van der Waals surface area (Å²) in [6, 6.07) is 8.15. The molecule has 2 atom stereocenters. The molecule has 0 aliphatic rings. The quantitative estimate of drug-likeness (QED) is 0.845. The first-order valence-electron chi connectivity index (χ1n) is 7.50. The Hall–Kier alpha value is -2.34. The van der Waals surface area contributed by atoms with Gasteiger partial charge in [0.15, 0.2) is 0 Å². The zero-order valence-corrected chi connectivity index (χ0v) is 13.9. The summed E-state index contributed by atoms with van der Waals surface area (Å²) < 4.78 is 2.26. The molecule has 0 aliphatic heterocycles. The fraction of sp³-hybridized carbons (Fsp3) is 0.412.